The molecule has 1 heterocycles. The molecule has 6 nitrogen and oxygen atoms in total. The van der Waals surface area contributed by atoms with Gasteiger partial charge in [-0.05, 0) is 33.6 Å². The van der Waals surface area contributed by atoms with Crippen LogP contribution in [0.4, 0.5) is 4.79 Å². The number of hydrogen-bond acceptors (Lipinski definition) is 4. The normalized spacial score (nSPS) is 20.3. The summed E-state index contributed by atoms with van der Waals surface area (Å²) >= 11 is 0. The zero-order valence-corrected chi connectivity index (χ0v) is 10.7. The Balaban J connectivity index is 2.91. The number of rotatable bonds is 1. The molecular formula is C12H17NO5. The molecule has 1 unspecified atom stereocenters. The third kappa shape index (κ3) is 3.34. The van der Waals surface area contributed by atoms with Gasteiger partial charge in [0.05, 0.1) is 0 Å². The number of aliphatic carboxylic acids is 1. The van der Waals surface area contributed by atoms with Gasteiger partial charge in [-0.1, -0.05) is 0 Å². The molecule has 1 saturated heterocycles. The summed E-state index contributed by atoms with van der Waals surface area (Å²) < 4.78 is 5.13. The van der Waals surface area contributed by atoms with Crippen LogP contribution in [0.5, 0.6) is 0 Å². The lowest BCUT2D eigenvalue weighted by atomic mass is 9.95. The lowest BCUT2D eigenvalue weighted by molar-refractivity contribution is -0.141. The predicted molar refractivity (Wildman–Crippen MR) is 62.5 cm³/mol. The Labute approximate surface area is 105 Å². The van der Waals surface area contributed by atoms with Gasteiger partial charge >= 0.3 is 12.1 Å². The molecule has 1 aliphatic rings. The monoisotopic (exact) mass is 255 g/mol. The van der Waals surface area contributed by atoms with Crippen LogP contribution < -0.4 is 0 Å². The third-order valence-corrected chi connectivity index (χ3v) is 2.51. The molecule has 0 radical (unpaired) electrons. The van der Waals surface area contributed by atoms with Gasteiger partial charge in [-0.3, -0.25) is 9.69 Å². The second kappa shape index (κ2) is 5.23. The van der Waals surface area contributed by atoms with E-state index in [1.54, 1.807) is 26.7 Å². The molecule has 0 bridgehead atoms. The summed E-state index contributed by atoms with van der Waals surface area (Å²) in [5.41, 5.74) is -0.843. The Morgan fingerprint density at radius 1 is 1.44 bits per heavy atom. The van der Waals surface area contributed by atoms with Gasteiger partial charge in [0.2, 0.25) is 0 Å². The van der Waals surface area contributed by atoms with Crippen LogP contribution >= 0.6 is 0 Å². The quantitative estimate of drug-likeness (QED) is 0.716. The summed E-state index contributed by atoms with van der Waals surface area (Å²) in [6.45, 7) is 5.39. The molecule has 18 heavy (non-hydrogen) atoms. The standard InChI is InChI=1S/C12H17NO5/c1-12(2,3)18-11(17)13-6-4-5-8(10(15)16)9(13)7-14/h8H,4-6H2,1-3H3,(H,15,16). The van der Waals surface area contributed by atoms with Crippen molar-refractivity contribution in [2.75, 3.05) is 6.54 Å². The van der Waals surface area contributed by atoms with E-state index in [2.05, 4.69) is 0 Å². The molecule has 1 amide bonds. The first-order valence-corrected chi connectivity index (χ1v) is 5.74. The highest BCUT2D eigenvalue weighted by Gasteiger charge is 2.36. The fraction of sp³-hybridized carbons (Fsp3) is 0.667. The second-order valence-corrected chi connectivity index (χ2v) is 5.15. The van der Waals surface area contributed by atoms with Crippen molar-refractivity contribution in [3.8, 4) is 0 Å². The SMILES string of the molecule is CC(C)(C)OC(=O)N1CCCC(C(=O)O)C1=C=O. The van der Waals surface area contributed by atoms with Crippen LogP contribution in [0.1, 0.15) is 33.6 Å². The van der Waals surface area contributed by atoms with Gasteiger partial charge in [-0.15, -0.1) is 0 Å². The van der Waals surface area contributed by atoms with Gasteiger partial charge in [0.25, 0.3) is 0 Å². The van der Waals surface area contributed by atoms with E-state index in [0.29, 0.717) is 12.8 Å². The maximum absolute atomic E-state index is 11.9. The van der Waals surface area contributed by atoms with Gasteiger partial charge in [0.1, 0.15) is 23.2 Å². The van der Waals surface area contributed by atoms with Crippen molar-refractivity contribution in [2.24, 2.45) is 5.92 Å². The highest BCUT2D eigenvalue weighted by atomic mass is 16.6. The molecule has 0 aliphatic carbocycles. The molecule has 0 aromatic carbocycles. The van der Waals surface area contributed by atoms with E-state index < -0.39 is 23.6 Å². The molecule has 6 heteroatoms. The lowest BCUT2D eigenvalue weighted by Gasteiger charge is -2.32. The summed E-state index contributed by atoms with van der Waals surface area (Å²) in [7, 11) is 0. The van der Waals surface area contributed by atoms with Crippen molar-refractivity contribution in [3.05, 3.63) is 5.70 Å². The first kappa shape index (κ1) is 14.3. The lowest BCUT2D eigenvalue weighted by Crippen LogP contribution is -2.43. The van der Waals surface area contributed by atoms with E-state index in [0.717, 1.165) is 4.90 Å². The van der Waals surface area contributed by atoms with Gasteiger partial charge < -0.3 is 9.84 Å². The summed E-state index contributed by atoms with van der Waals surface area (Å²) in [6.07, 6.45) is 0.146. The summed E-state index contributed by atoms with van der Waals surface area (Å²) in [5, 5.41) is 8.99. The smallest absolute Gasteiger partial charge is 0.415 e. The van der Waals surface area contributed by atoms with Crippen molar-refractivity contribution in [1.29, 1.82) is 0 Å². The van der Waals surface area contributed by atoms with Gasteiger partial charge in [-0.2, -0.15) is 0 Å². The van der Waals surface area contributed by atoms with Crippen molar-refractivity contribution in [3.63, 3.8) is 0 Å². The predicted octanol–water partition coefficient (Wildman–Crippen LogP) is 1.43. The van der Waals surface area contributed by atoms with E-state index in [4.69, 9.17) is 9.84 Å². The molecule has 100 valence electrons. The van der Waals surface area contributed by atoms with Crippen LogP contribution in [0, 0.1) is 5.92 Å². The maximum Gasteiger partial charge on any atom is 0.415 e. The van der Waals surface area contributed by atoms with Crippen molar-refractivity contribution in [1.82, 2.24) is 4.90 Å². The summed E-state index contributed by atoms with van der Waals surface area (Å²) in [6, 6.07) is 0. The Morgan fingerprint density at radius 2 is 2.06 bits per heavy atom. The van der Waals surface area contributed by atoms with E-state index in [1.165, 1.54) is 0 Å². The minimum atomic E-state index is -1.12. The molecule has 0 aromatic heterocycles. The molecular weight excluding hydrogens is 238 g/mol. The first-order chi connectivity index (χ1) is 8.26. The number of carbonyl (C=O) groups excluding carboxylic acids is 2. The minimum absolute atomic E-state index is 0.150. The topological polar surface area (TPSA) is 83.9 Å². The Hall–Kier alpha value is -1.81. The highest BCUT2D eigenvalue weighted by Crippen LogP contribution is 2.27. The van der Waals surface area contributed by atoms with Crippen LogP contribution in [-0.4, -0.2) is 40.2 Å². The van der Waals surface area contributed by atoms with Crippen LogP contribution in [0.25, 0.3) is 0 Å². The van der Waals surface area contributed by atoms with Crippen LogP contribution in [0.15, 0.2) is 5.70 Å². The Morgan fingerprint density at radius 3 is 2.50 bits per heavy atom. The zero-order valence-electron chi connectivity index (χ0n) is 10.7. The summed E-state index contributed by atoms with van der Waals surface area (Å²) in [4.78, 5) is 34.8. The summed E-state index contributed by atoms with van der Waals surface area (Å²) in [5.74, 6) is -0.543. The molecule has 1 N–H and O–H groups in total. The molecule has 1 rings (SSSR count). The third-order valence-electron chi connectivity index (χ3n) is 2.51. The van der Waals surface area contributed by atoms with Gasteiger partial charge in [-0.25, -0.2) is 9.59 Å². The van der Waals surface area contributed by atoms with E-state index >= 15 is 0 Å². The fourth-order valence-corrected chi connectivity index (χ4v) is 1.77. The van der Waals surface area contributed by atoms with E-state index in [-0.39, 0.29) is 12.2 Å². The number of nitrogens with zero attached hydrogens (tertiary/aromatic N) is 1. The fourth-order valence-electron chi connectivity index (χ4n) is 1.77. The average Bonchev–Trinajstić information content (AvgIpc) is 2.25. The van der Waals surface area contributed by atoms with E-state index in [9.17, 15) is 14.4 Å². The molecule has 1 aliphatic heterocycles. The van der Waals surface area contributed by atoms with Crippen molar-refractivity contribution in [2.45, 2.75) is 39.2 Å². The molecule has 0 aromatic rings. The number of amides is 1. The largest absolute Gasteiger partial charge is 0.481 e. The van der Waals surface area contributed by atoms with Crippen LogP contribution in [-0.2, 0) is 14.3 Å². The van der Waals surface area contributed by atoms with Gasteiger partial charge in [0.15, 0.2) is 0 Å². The second-order valence-electron chi connectivity index (χ2n) is 5.15. The number of carbonyl (C=O) groups is 2. The first-order valence-electron chi connectivity index (χ1n) is 5.74. The van der Waals surface area contributed by atoms with Crippen molar-refractivity contribution >= 4 is 18.0 Å². The van der Waals surface area contributed by atoms with Crippen LogP contribution in [0.2, 0.25) is 0 Å². The van der Waals surface area contributed by atoms with Gasteiger partial charge in [0, 0.05) is 6.54 Å². The zero-order chi connectivity index (χ0) is 13.9. The number of carboxylic acid groups (broad SMARTS) is 1. The Bertz CT molecular complexity index is 403. The highest BCUT2D eigenvalue weighted by molar-refractivity contribution is 5.82. The maximum atomic E-state index is 11.9. The molecule has 0 spiro atoms. The molecule has 1 fully saturated rings. The van der Waals surface area contributed by atoms with E-state index in [1.807, 2.05) is 0 Å². The van der Waals surface area contributed by atoms with Crippen molar-refractivity contribution < 1.29 is 24.2 Å². The number of piperidine rings is 1. The molecule has 0 saturated carbocycles. The minimum Gasteiger partial charge on any atom is -0.481 e. The molecule has 1 atom stereocenters. The number of ether oxygens (including phenoxy) is 1. The number of carboxylic acids is 1. The Kier molecular flexibility index (Phi) is 4.14. The average molecular weight is 255 g/mol. The number of hydrogen-bond donors (Lipinski definition) is 1. The number of likely N-dealkylation sites (tertiary alicyclic amines) is 1. The van der Waals surface area contributed by atoms with Crippen LogP contribution in [0.3, 0.4) is 0 Å².